The second-order valence-corrected chi connectivity index (χ2v) is 7.56. The van der Waals surface area contributed by atoms with Gasteiger partial charge in [-0.1, -0.05) is 30.3 Å². The van der Waals surface area contributed by atoms with Crippen LogP contribution in [0.1, 0.15) is 29.5 Å². The third kappa shape index (κ3) is 3.81. The molecule has 0 unspecified atom stereocenters. The van der Waals surface area contributed by atoms with E-state index in [1.807, 2.05) is 72.8 Å². The summed E-state index contributed by atoms with van der Waals surface area (Å²) in [5.74, 6) is 2.23. The van der Waals surface area contributed by atoms with Gasteiger partial charge in [0.2, 0.25) is 0 Å². The van der Waals surface area contributed by atoms with Gasteiger partial charge >= 0.3 is 5.63 Å². The summed E-state index contributed by atoms with van der Waals surface area (Å²) in [5, 5.41) is 1.02. The van der Waals surface area contributed by atoms with Crippen molar-refractivity contribution in [2.75, 3.05) is 0 Å². The molecule has 0 radical (unpaired) electrons. The smallest absolute Gasteiger partial charge is 0.339 e. The predicted molar refractivity (Wildman–Crippen MR) is 116 cm³/mol. The molecule has 1 aliphatic rings. The minimum absolute atomic E-state index is 0.208. The monoisotopic (exact) mass is 398 g/mol. The molecule has 1 heterocycles. The molecule has 3 aromatic carbocycles. The van der Waals surface area contributed by atoms with Crippen molar-refractivity contribution in [2.45, 2.75) is 32.3 Å². The molecular formula is C26H22O4. The molecule has 0 spiro atoms. The molecule has 4 heteroatoms. The fourth-order valence-electron chi connectivity index (χ4n) is 4.01. The van der Waals surface area contributed by atoms with E-state index in [9.17, 15) is 4.79 Å². The molecule has 4 nitrogen and oxygen atoms in total. The molecule has 0 atom stereocenters. The number of benzene rings is 3. The molecule has 1 aliphatic carbocycles. The van der Waals surface area contributed by atoms with E-state index >= 15 is 0 Å². The van der Waals surface area contributed by atoms with E-state index < -0.39 is 0 Å². The van der Waals surface area contributed by atoms with Gasteiger partial charge in [-0.05, 0) is 73.2 Å². The van der Waals surface area contributed by atoms with E-state index in [1.54, 1.807) is 0 Å². The van der Waals surface area contributed by atoms with Gasteiger partial charge in [-0.3, -0.25) is 0 Å². The molecule has 0 amide bonds. The van der Waals surface area contributed by atoms with Crippen molar-refractivity contribution in [3.05, 3.63) is 99.9 Å². The van der Waals surface area contributed by atoms with Crippen LogP contribution in [0, 0.1) is 0 Å². The van der Waals surface area contributed by atoms with E-state index in [2.05, 4.69) is 0 Å². The Bertz CT molecular complexity index is 1240. The van der Waals surface area contributed by atoms with Gasteiger partial charge in [0.05, 0.1) is 0 Å². The third-order valence-electron chi connectivity index (χ3n) is 5.48. The number of ether oxygens (including phenoxy) is 2. The summed E-state index contributed by atoms with van der Waals surface area (Å²) in [6, 6.07) is 23.3. The maximum atomic E-state index is 12.3. The van der Waals surface area contributed by atoms with Crippen molar-refractivity contribution in [3.8, 4) is 17.2 Å². The Labute approximate surface area is 174 Å². The molecule has 0 saturated carbocycles. The number of rotatable bonds is 5. The lowest BCUT2D eigenvalue weighted by Crippen LogP contribution is -2.15. The zero-order chi connectivity index (χ0) is 20.3. The summed E-state index contributed by atoms with van der Waals surface area (Å²) in [6.45, 7) is 0.396. The first kappa shape index (κ1) is 18.5. The fourth-order valence-corrected chi connectivity index (χ4v) is 4.01. The van der Waals surface area contributed by atoms with Crippen LogP contribution in [0.25, 0.3) is 11.0 Å². The van der Waals surface area contributed by atoms with Crippen LogP contribution in [-0.2, 0) is 19.4 Å². The molecule has 30 heavy (non-hydrogen) atoms. The van der Waals surface area contributed by atoms with Crippen LogP contribution < -0.4 is 15.1 Å². The lowest BCUT2D eigenvalue weighted by atomic mass is 9.91. The first-order valence-corrected chi connectivity index (χ1v) is 10.3. The molecule has 0 fully saturated rings. The van der Waals surface area contributed by atoms with Gasteiger partial charge < -0.3 is 13.9 Å². The van der Waals surface area contributed by atoms with Crippen LogP contribution in [0.2, 0.25) is 0 Å². The Hall–Kier alpha value is -3.53. The Morgan fingerprint density at radius 3 is 2.43 bits per heavy atom. The van der Waals surface area contributed by atoms with E-state index in [1.165, 1.54) is 0 Å². The Kier molecular flexibility index (Phi) is 4.98. The molecule has 0 N–H and O–H groups in total. The molecule has 5 rings (SSSR count). The summed E-state index contributed by atoms with van der Waals surface area (Å²) in [6.07, 6.45) is 3.92. The number of aryl methyl sites for hydroxylation is 1. The quantitative estimate of drug-likeness (QED) is 0.384. The van der Waals surface area contributed by atoms with Crippen molar-refractivity contribution in [3.63, 3.8) is 0 Å². The van der Waals surface area contributed by atoms with Gasteiger partial charge in [-0.25, -0.2) is 4.79 Å². The highest BCUT2D eigenvalue weighted by Gasteiger charge is 2.18. The van der Waals surface area contributed by atoms with Gasteiger partial charge in [0, 0.05) is 17.0 Å². The number of hydrogen-bond acceptors (Lipinski definition) is 4. The standard InChI is InChI=1S/C26H22O4/c27-26-24-12-5-4-11-22(24)23-14-13-20(16-25(23)30-26)28-17-18-7-6-10-21(15-18)29-19-8-2-1-3-9-19/h1-3,6-10,13-16H,4-5,11-12,17H2. The summed E-state index contributed by atoms with van der Waals surface area (Å²) in [4.78, 5) is 12.3. The lowest BCUT2D eigenvalue weighted by Gasteiger charge is -2.16. The fraction of sp³-hybridized carbons (Fsp3) is 0.192. The minimum atomic E-state index is -0.208. The molecule has 0 aliphatic heterocycles. The van der Waals surface area contributed by atoms with Crippen LogP contribution in [0.3, 0.4) is 0 Å². The molecule has 0 bridgehead atoms. The zero-order valence-electron chi connectivity index (χ0n) is 16.6. The Morgan fingerprint density at radius 1 is 0.767 bits per heavy atom. The first-order valence-electron chi connectivity index (χ1n) is 10.3. The van der Waals surface area contributed by atoms with Crippen LogP contribution in [0.15, 0.2) is 82.0 Å². The van der Waals surface area contributed by atoms with Crippen LogP contribution in [0.4, 0.5) is 0 Å². The van der Waals surface area contributed by atoms with Gasteiger partial charge in [-0.15, -0.1) is 0 Å². The number of para-hydroxylation sites is 1. The number of hydrogen-bond donors (Lipinski definition) is 0. The molecule has 0 saturated heterocycles. The van der Waals surface area contributed by atoms with Crippen LogP contribution >= 0.6 is 0 Å². The van der Waals surface area contributed by atoms with Gasteiger partial charge in [0.1, 0.15) is 29.4 Å². The highest BCUT2D eigenvalue weighted by molar-refractivity contribution is 5.82. The van der Waals surface area contributed by atoms with Crippen molar-refractivity contribution in [1.29, 1.82) is 0 Å². The zero-order valence-corrected chi connectivity index (χ0v) is 16.6. The normalized spacial score (nSPS) is 13.1. The number of fused-ring (bicyclic) bond motifs is 3. The average molecular weight is 398 g/mol. The van der Waals surface area contributed by atoms with E-state index in [0.717, 1.165) is 59.3 Å². The summed E-state index contributed by atoms with van der Waals surface area (Å²) >= 11 is 0. The van der Waals surface area contributed by atoms with Crippen LogP contribution in [-0.4, -0.2) is 0 Å². The van der Waals surface area contributed by atoms with Crippen molar-refractivity contribution in [1.82, 2.24) is 0 Å². The van der Waals surface area contributed by atoms with E-state index in [4.69, 9.17) is 13.9 Å². The third-order valence-corrected chi connectivity index (χ3v) is 5.48. The lowest BCUT2D eigenvalue weighted by molar-refractivity contribution is 0.305. The van der Waals surface area contributed by atoms with Crippen molar-refractivity contribution >= 4 is 11.0 Å². The van der Waals surface area contributed by atoms with Gasteiger partial charge in [0.25, 0.3) is 0 Å². The van der Waals surface area contributed by atoms with Crippen molar-refractivity contribution < 1.29 is 13.9 Å². The maximum absolute atomic E-state index is 12.3. The van der Waals surface area contributed by atoms with Gasteiger partial charge in [0.15, 0.2) is 0 Å². The average Bonchev–Trinajstić information content (AvgIpc) is 2.79. The molecule has 1 aromatic heterocycles. The minimum Gasteiger partial charge on any atom is -0.489 e. The summed E-state index contributed by atoms with van der Waals surface area (Å²) in [5.41, 5.74) is 3.37. The topological polar surface area (TPSA) is 48.7 Å². The highest BCUT2D eigenvalue weighted by Crippen LogP contribution is 2.29. The predicted octanol–water partition coefficient (Wildman–Crippen LogP) is 6.04. The Morgan fingerprint density at radius 2 is 1.57 bits per heavy atom. The first-order chi connectivity index (χ1) is 14.8. The van der Waals surface area contributed by atoms with E-state index in [-0.39, 0.29) is 5.63 Å². The van der Waals surface area contributed by atoms with Crippen molar-refractivity contribution in [2.24, 2.45) is 0 Å². The largest absolute Gasteiger partial charge is 0.489 e. The second kappa shape index (κ2) is 8.07. The molecule has 4 aromatic rings. The summed E-state index contributed by atoms with van der Waals surface area (Å²) < 4.78 is 17.4. The summed E-state index contributed by atoms with van der Waals surface area (Å²) in [7, 11) is 0. The second-order valence-electron chi connectivity index (χ2n) is 7.56. The van der Waals surface area contributed by atoms with Gasteiger partial charge in [-0.2, -0.15) is 0 Å². The highest BCUT2D eigenvalue weighted by atomic mass is 16.5. The van der Waals surface area contributed by atoms with Crippen LogP contribution in [0.5, 0.6) is 17.2 Å². The maximum Gasteiger partial charge on any atom is 0.339 e. The molecular weight excluding hydrogens is 376 g/mol. The molecule has 150 valence electrons. The van der Waals surface area contributed by atoms with E-state index in [0.29, 0.717) is 17.9 Å². The SMILES string of the molecule is O=c1oc2cc(OCc3cccc(Oc4ccccc4)c3)ccc2c2c1CCCC2. The Balaban J connectivity index is 1.34.